The van der Waals surface area contributed by atoms with Gasteiger partial charge in [-0.3, -0.25) is 24.2 Å². The van der Waals surface area contributed by atoms with E-state index >= 15 is 0 Å². The molecule has 3 rings (SSSR count). The lowest BCUT2D eigenvalue weighted by molar-refractivity contribution is -0.182. The average Bonchev–Trinajstić information content (AvgIpc) is 3.01. The highest BCUT2D eigenvalue weighted by Gasteiger charge is 2.57. The minimum absolute atomic E-state index is 0.137. The average molecular weight is 1080 g/mol. The standard InChI is InChI=1S/C41H72I3N3O6/c1-24-18-28(38(7,8)51-34(48)25(2)42)19-31(45-24)16-17-32-20-29(39(9,10)52-35(49)26(3)43)21-33(46(32)14)41(13)23-30(22-37(5,6)47(41)15)40(11,12)53-36(50)27(4)44/h24-33,45H,16-23H2,1-15H3. The smallest absolute Gasteiger partial charge is 0.319 e. The van der Waals surface area contributed by atoms with Crippen molar-refractivity contribution in [1.29, 1.82) is 0 Å². The number of nitrogens with zero attached hydrogens (tertiary/aromatic N) is 2. The van der Waals surface area contributed by atoms with Crippen LogP contribution in [0.2, 0.25) is 0 Å². The summed E-state index contributed by atoms with van der Waals surface area (Å²) in [5.74, 6) is 0.116. The first-order chi connectivity index (χ1) is 24.0. The van der Waals surface area contributed by atoms with Gasteiger partial charge in [-0.1, -0.05) is 67.8 Å². The molecule has 11 unspecified atom stereocenters. The first-order valence-electron chi connectivity index (χ1n) is 19.9. The van der Waals surface area contributed by atoms with Crippen LogP contribution in [0.3, 0.4) is 0 Å². The summed E-state index contributed by atoms with van der Waals surface area (Å²) >= 11 is 6.43. The minimum Gasteiger partial charge on any atom is -0.459 e. The molecule has 3 aliphatic rings. The lowest BCUT2D eigenvalue weighted by Crippen LogP contribution is -2.71. The molecule has 0 saturated carbocycles. The molecule has 0 aromatic heterocycles. The maximum Gasteiger partial charge on any atom is 0.319 e. The Balaban J connectivity index is 1.96. The fourth-order valence-corrected chi connectivity index (χ4v) is 10.1. The summed E-state index contributed by atoms with van der Waals surface area (Å²) in [6.45, 7) is 27.5. The molecular formula is C41H72I3N3O6. The Labute approximate surface area is 363 Å². The Hall–Kier alpha value is 0.480. The Morgan fingerprint density at radius 3 is 1.58 bits per heavy atom. The van der Waals surface area contributed by atoms with Crippen molar-refractivity contribution in [2.24, 2.45) is 17.8 Å². The Kier molecular flexibility index (Phi) is 16.4. The largest absolute Gasteiger partial charge is 0.459 e. The van der Waals surface area contributed by atoms with Crippen LogP contribution in [0.1, 0.15) is 141 Å². The van der Waals surface area contributed by atoms with Gasteiger partial charge in [0.1, 0.15) is 28.6 Å². The second-order valence-electron chi connectivity index (χ2n) is 19.3. The number of hydrogen-bond acceptors (Lipinski definition) is 9. The van der Waals surface area contributed by atoms with Crippen LogP contribution in [0, 0.1) is 17.8 Å². The number of hydrogen-bond donors (Lipinski definition) is 1. The number of esters is 3. The third-order valence-corrected chi connectivity index (χ3v) is 15.0. The van der Waals surface area contributed by atoms with E-state index < -0.39 is 16.8 Å². The summed E-state index contributed by atoms with van der Waals surface area (Å²) in [6, 6.07) is 1.08. The molecule has 3 fully saturated rings. The van der Waals surface area contributed by atoms with E-state index in [1.165, 1.54) is 0 Å². The zero-order chi connectivity index (χ0) is 40.6. The summed E-state index contributed by atoms with van der Waals surface area (Å²) in [7, 11) is 4.59. The van der Waals surface area contributed by atoms with Crippen molar-refractivity contribution in [1.82, 2.24) is 15.1 Å². The van der Waals surface area contributed by atoms with Gasteiger partial charge in [0, 0.05) is 53.0 Å². The molecule has 0 aromatic carbocycles. The van der Waals surface area contributed by atoms with E-state index in [1.807, 2.05) is 20.8 Å². The number of halogens is 3. The maximum absolute atomic E-state index is 13.1. The highest BCUT2D eigenvalue weighted by atomic mass is 127. The third kappa shape index (κ3) is 11.8. The lowest BCUT2D eigenvalue weighted by atomic mass is 9.62. The molecule has 1 N–H and O–H groups in total. The van der Waals surface area contributed by atoms with Gasteiger partial charge in [-0.2, -0.15) is 0 Å². The molecule has 3 aliphatic heterocycles. The predicted molar refractivity (Wildman–Crippen MR) is 240 cm³/mol. The number of ether oxygens (including phenoxy) is 3. The molecular weight excluding hydrogens is 1010 g/mol. The van der Waals surface area contributed by atoms with Crippen LogP contribution >= 0.6 is 67.8 Å². The van der Waals surface area contributed by atoms with Gasteiger partial charge < -0.3 is 19.5 Å². The summed E-state index contributed by atoms with van der Waals surface area (Å²) < 4.78 is 18.0. The highest BCUT2D eigenvalue weighted by molar-refractivity contribution is 14.1. The van der Waals surface area contributed by atoms with Crippen LogP contribution in [-0.4, -0.2) is 106 Å². The van der Waals surface area contributed by atoms with Crippen molar-refractivity contribution in [3.8, 4) is 0 Å². The monoisotopic (exact) mass is 1080 g/mol. The van der Waals surface area contributed by atoms with Crippen LogP contribution in [0.25, 0.3) is 0 Å². The first kappa shape index (κ1) is 47.9. The minimum atomic E-state index is -0.635. The van der Waals surface area contributed by atoms with Crippen LogP contribution in [0.4, 0.5) is 0 Å². The van der Waals surface area contributed by atoms with E-state index in [9.17, 15) is 14.4 Å². The second-order valence-corrected chi connectivity index (χ2v) is 24.9. The molecule has 0 aromatic rings. The van der Waals surface area contributed by atoms with Gasteiger partial charge in [0.15, 0.2) is 0 Å². The summed E-state index contributed by atoms with van der Waals surface area (Å²) in [6.07, 6.45) is 7.58. The number of likely N-dealkylation sites (tertiary alicyclic amines) is 2. The number of alkyl halides is 3. The number of likely N-dealkylation sites (N-methyl/N-ethyl adjacent to an activating group) is 2. The molecule has 0 radical (unpaired) electrons. The number of nitrogens with one attached hydrogen (secondary N) is 1. The van der Waals surface area contributed by atoms with Crippen molar-refractivity contribution < 1.29 is 28.6 Å². The SMILES string of the molecule is CC1CC(C(C)(C)OC(=O)C(C)I)CC(CCC2CC(C(C)(C)OC(=O)C(C)I)CC(C3(C)CC(C(C)(C)OC(=O)C(C)I)CC(C)(C)N3C)N2C)N1. The van der Waals surface area contributed by atoms with Crippen molar-refractivity contribution in [2.75, 3.05) is 14.1 Å². The number of rotatable bonds is 13. The lowest BCUT2D eigenvalue weighted by Gasteiger charge is -2.63. The molecule has 53 heavy (non-hydrogen) atoms. The second kappa shape index (κ2) is 18.2. The molecule has 0 bridgehead atoms. The quantitative estimate of drug-likeness (QED) is 0.0840. The molecule has 0 amide bonds. The first-order valence-corrected chi connectivity index (χ1v) is 23.6. The Morgan fingerprint density at radius 1 is 0.698 bits per heavy atom. The van der Waals surface area contributed by atoms with E-state index in [0.29, 0.717) is 12.1 Å². The molecule has 11 atom stereocenters. The maximum atomic E-state index is 13.1. The van der Waals surface area contributed by atoms with Crippen LogP contribution in [-0.2, 0) is 28.6 Å². The van der Waals surface area contributed by atoms with Crippen molar-refractivity contribution in [2.45, 2.75) is 205 Å². The van der Waals surface area contributed by atoms with Crippen molar-refractivity contribution >= 4 is 85.7 Å². The summed E-state index contributed by atoms with van der Waals surface area (Å²) in [5.41, 5.74) is -2.18. The van der Waals surface area contributed by atoms with E-state index in [0.717, 1.165) is 51.4 Å². The predicted octanol–water partition coefficient (Wildman–Crippen LogP) is 8.92. The van der Waals surface area contributed by atoms with E-state index in [-0.39, 0.29) is 70.6 Å². The van der Waals surface area contributed by atoms with Crippen molar-refractivity contribution in [3.63, 3.8) is 0 Å². The Morgan fingerprint density at radius 2 is 1.13 bits per heavy atom. The molecule has 12 heteroatoms. The molecule has 3 heterocycles. The van der Waals surface area contributed by atoms with Gasteiger partial charge in [0.25, 0.3) is 0 Å². The summed E-state index contributed by atoms with van der Waals surface area (Å²) in [5, 5.41) is 3.89. The molecule has 3 saturated heterocycles. The van der Waals surface area contributed by atoms with Gasteiger partial charge in [0.2, 0.25) is 0 Å². The van der Waals surface area contributed by atoms with Crippen LogP contribution in [0.5, 0.6) is 0 Å². The zero-order valence-corrected chi connectivity index (χ0v) is 41.9. The zero-order valence-electron chi connectivity index (χ0n) is 35.4. The number of piperidine rings is 3. The molecule has 0 spiro atoms. The summed E-state index contributed by atoms with van der Waals surface area (Å²) in [4.78, 5) is 43.9. The van der Waals surface area contributed by atoms with Gasteiger partial charge in [-0.15, -0.1) is 0 Å². The third-order valence-electron chi connectivity index (χ3n) is 13.5. The van der Waals surface area contributed by atoms with E-state index in [4.69, 9.17) is 14.2 Å². The topological polar surface area (TPSA) is 97.4 Å². The molecule has 9 nitrogen and oxygen atoms in total. The number of carbonyl (C=O) groups is 3. The van der Waals surface area contributed by atoms with Crippen LogP contribution < -0.4 is 5.32 Å². The van der Waals surface area contributed by atoms with Gasteiger partial charge in [-0.25, -0.2) is 0 Å². The fraction of sp³-hybridized carbons (Fsp3) is 0.927. The molecule has 308 valence electrons. The van der Waals surface area contributed by atoms with Crippen molar-refractivity contribution in [3.05, 3.63) is 0 Å². The van der Waals surface area contributed by atoms with E-state index in [2.05, 4.69) is 166 Å². The fourth-order valence-electron chi connectivity index (χ4n) is 9.69. The van der Waals surface area contributed by atoms with Gasteiger partial charge >= 0.3 is 17.9 Å². The number of carbonyl (C=O) groups excluding carboxylic acids is 3. The van der Waals surface area contributed by atoms with Gasteiger partial charge in [0.05, 0.1) is 0 Å². The van der Waals surface area contributed by atoms with Crippen LogP contribution in [0.15, 0.2) is 0 Å². The Bertz CT molecular complexity index is 1290. The van der Waals surface area contributed by atoms with E-state index in [1.54, 1.807) is 0 Å². The molecule has 0 aliphatic carbocycles. The normalized spacial score (nSPS) is 33.7. The van der Waals surface area contributed by atoms with Gasteiger partial charge in [-0.05, 0) is 155 Å². The highest BCUT2D eigenvalue weighted by Crippen LogP contribution is 2.51.